The first kappa shape index (κ1) is 12.6. The predicted octanol–water partition coefficient (Wildman–Crippen LogP) is 0.743. The van der Waals surface area contributed by atoms with Gasteiger partial charge >= 0.3 is 5.69 Å². The van der Waals surface area contributed by atoms with Gasteiger partial charge in [0.1, 0.15) is 6.33 Å². The Morgan fingerprint density at radius 3 is 2.88 bits per heavy atom. The molecular weight excluding hydrogens is 226 g/mol. The lowest BCUT2D eigenvalue weighted by Crippen LogP contribution is -2.21. The zero-order valence-corrected chi connectivity index (χ0v) is 9.45. The van der Waals surface area contributed by atoms with Crippen LogP contribution in [-0.4, -0.2) is 35.6 Å². The van der Waals surface area contributed by atoms with Gasteiger partial charge in [0.05, 0.1) is 24.5 Å². The van der Waals surface area contributed by atoms with Gasteiger partial charge in [-0.2, -0.15) is 10.2 Å². The van der Waals surface area contributed by atoms with E-state index in [0.717, 1.165) is 0 Å². The molecule has 1 aromatic heterocycles. The van der Waals surface area contributed by atoms with E-state index in [1.54, 1.807) is 7.05 Å². The molecule has 8 heteroatoms. The largest absolute Gasteiger partial charge is 0.476 e. The Bertz CT molecular complexity index is 456. The van der Waals surface area contributed by atoms with Gasteiger partial charge < -0.3 is 9.64 Å². The van der Waals surface area contributed by atoms with Gasteiger partial charge in [0.2, 0.25) is 5.82 Å². The first-order valence-corrected chi connectivity index (χ1v) is 4.73. The zero-order valence-electron chi connectivity index (χ0n) is 9.45. The lowest BCUT2D eigenvalue weighted by molar-refractivity contribution is -0.385. The van der Waals surface area contributed by atoms with Crippen molar-refractivity contribution in [3.05, 3.63) is 16.4 Å². The Balaban J connectivity index is 3.14. The highest BCUT2D eigenvalue weighted by atomic mass is 16.6. The maximum Gasteiger partial charge on any atom is 0.372 e. The highest BCUT2D eigenvalue weighted by Crippen LogP contribution is 2.32. The molecule has 0 spiro atoms. The smallest absolute Gasteiger partial charge is 0.372 e. The monoisotopic (exact) mass is 237 g/mol. The van der Waals surface area contributed by atoms with Gasteiger partial charge in [0.15, 0.2) is 0 Å². The topological polar surface area (TPSA) is 105 Å². The fourth-order valence-electron chi connectivity index (χ4n) is 1.27. The van der Waals surface area contributed by atoms with Crippen LogP contribution in [-0.2, 0) is 0 Å². The molecule has 1 heterocycles. The van der Waals surface area contributed by atoms with E-state index in [0.29, 0.717) is 6.54 Å². The number of anilines is 1. The first-order valence-electron chi connectivity index (χ1n) is 4.73. The number of ether oxygens (including phenoxy) is 1. The fraction of sp³-hybridized carbons (Fsp3) is 0.444. The van der Waals surface area contributed by atoms with Gasteiger partial charge in [-0.25, -0.2) is 4.98 Å². The average Bonchev–Trinajstić information content (AvgIpc) is 2.34. The van der Waals surface area contributed by atoms with Crippen LogP contribution < -0.4 is 9.64 Å². The molecule has 0 atom stereocenters. The van der Waals surface area contributed by atoms with Crippen LogP contribution in [0.15, 0.2) is 6.33 Å². The summed E-state index contributed by atoms with van der Waals surface area (Å²) >= 11 is 0. The maximum atomic E-state index is 10.9. The number of rotatable bonds is 5. The van der Waals surface area contributed by atoms with Crippen LogP contribution in [0.4, 0.5) is 11.5 Å². The molecule has 0 N–H and O–H groups in total. The molecule has 0 aliphatic heterocycles. The molecule has 0 amide bonds. The lowest BCUT2D eigenvalue weighted by Gasteiger charge is -2.16. The molecule has 1 rings (SSSR count). The summed E-state index contributed by atoms with van der Waals surface area (Å²) in [5.74, 6) is 0.0425. The van der Waals surface area contributed by atoms with E-state index in [-0.39, 0.29) is 23.8 Å². The third kappa shape index (κ3) is 2.78. The minimum atomic E-state index is -0.600. The van der Waals surface area contributed by atoms with Gasteiger partial charge in [-0.1, -0.05) is 0 Å². The van der Waals surface area contributed by atoms with Crippen molar-refractivity contribution in [2.75, 3.05) is 25.6 Å². The van der Waals surface area contributed by atoms with Gasteiger partial charge in [0.25, 0.3) is 5.88 Å². The minimum Gasteiger partial charge on any atom is -0.476 e. The van der Waals surface area contributed by atoms with Crippen molar-refractivity contribution in [1.29, 1.82) is 5.26 Å². The molecule has 0 saturated heterocycles. The molecule has 0 fully saturated rings. The van der Waals surface area contributed by atoms with Crippen LogP contribution in [0, 0.1) is 21.4 Å². The number of aromatic nitrogens is 2. The summed E-state index contributed by atoms with van der Waals surface area (Å²) in [5.41, 5.74) is -0.296. The Morgan fingerprint density at radius 1 is 1.65 bits per heavy atom. The zero-order chi connectivity index (χ0) is 12.8. The third-order valence-electron chi connectivity index (χ3n) is 2.07. The molecule has 0 radical (unpaired) electrons. The van der Waals surface area contributed by atoms with E-state index < -0.39 is 4.92 Å². The molecule has 17 heavy (non-hydrogen) atoms. The van der Waals surface area contributed by atoms with E-state index in [1.165, 1.54) is 18.3 Å². The molecule has 0 aliphatic rings. The first-order chi connectivity index (χ1) is 8.11. The number of methoxy groups -OCH3 is 1. The molecular formula is C9H11N5O3. The van der Waals surface area contributed by atoms with Crippen molar-refractivity contribution in [2.45, 2.75) is 6.42 Å². The Hall–Kier alpha value is -2.43. The molecule has 0 aliphatic carbocycles. The number of hydrogen-bond donors (Lipinski definition) is 0. The highest BCUT2D eigenvalue weighted by Gasteiger charge is 2.26. The van der Waals surface area contributed by atoms with Crippen LogP contribution in [0.3, 0.4) is 0 Å². The average molecular weight is 237 g/mol. The lowest BCUT2D eigenvalue weighted by atomic mass is 10.3. The molecule has 0 unspecified atom stereocenters. The Labute approximate surface area is 97.6 Å². The summed E-state index contributed by atoms with van der Waals surface area (Å²) < 4.78 is 4.82. The van der Waals surface area contributed by atoms with Crippen molar-refractivity contribution >= 4 is 11.5 Å². The fourth-order valence-corrected chi connectivity index (χ4v) is 1.27. The second-order valence-corrected chi connectivity index (χ2v) is 3.14. The van der Waals surface area contributed by atoms with Crippen molar-refractivity contribution in [2.24, 2.45) is 0 Å². The molecule has 0 saturated carbocycles. The summed E-state index contributed by atoms with van der Waals surface area (Å²) in [7, 11) is 2.92. The van der Waals surface area contributed by atoms with Crippen LogP contribution in [0.25, 0.3) is 0 Å². The summed E-state index contributed by atoms with van der Waals surface area (Å²) in [6.45, 7) is 0.345. The summed E-state index contributed by atoms with van der Waals surface area (Å²) in [6, 6.07) is 1.96. The SMILES string of the molecule is COc1ncnc(N(C)CCC#N)c1[N+](=O)[O-]. The Kier molecular flexibility index (Phi) is 4.16. The van der Waals surface area contributed by atoms with Crippen molar-refractivity contribution in [3.63, 3.8) is 0 Å². The van der Waals surface area contributed by atoms with Gasteiger partial charge in [-0.15, -0.1) is 0 Å². The molecule has 1 aromatic rings. The molecule has 0 aromatic carbocycles. The van der Waals surface area contributed by atoms with Crippen molar-refractivity contribution in [1.82, 2.24) is 9.97 Å². The quantitative estimate of drug-likeness (QED) is 0.549. The summed E-state index contributed by atoms with van der Waals surface area (Å²) in [5, 5.41) is 19.4. The summed E-state index contributed by atoms with van der Waals surface area (Å²) in [6.07, 6.45) is 1.43. The van der Waals surface area contributed by atoms with Crippen LogP contribution in [0.2, 0.25) is 0 Å². The predicted molar refractivity (Wildman–Crippen MR) is 58.7 cm³/mol. The van der Waals surface area contributed by atoms with Crippen molar-refractivity contribution in [3.8, 4) is 11.9 Å². The number of nitriles is 1. The van der Waals surface area contributed by atoms with Gasteiger partial charge in [0, 0.05) is 13.6 Å². The van der Waals surface area contributed by atoms with E-state index in [9.17, 15) is 10.1 Å². The van der Waals surface area contributed by atoms with Gasteiger partial charge in [-0.05, 0) is 0 Å². The minimum absolute atomic E-state index is 0.0937. The van der Waals surface area contributed by atoms with E-state index in [1.807, 2.05) is 6.07 Å². The third-order valence-corrected chi connectivity index (χ3v) is 2.07. The molecule has 8 nitrogen and oxygen atoms in total. The highest BCUT2D eigenvalue weighted by molar-refractivity contribution is 5.62. The van der Waals surface area contributed by atoms with Crippen LogP contribution in [0.5, 0.6) is 5.88 Å². The number of nitro groups is 1. The second kappa shape index (κ2) is 5.60. The van der Waals surface area contributed by atoms with Crippen molar-refractivity contribution < 1.29 is 9.66 Å². The second-order valence-electron chi connectivity index (χ2n) is 3.14. The molecule has 0 bridgehead atoms. The summed E-state index contributed by atoms with van der Waals surface area (Å²) in [4.78, 5) is 19.4. The van der Waals surface area contributed by atoms with Gasteiger partial charge in [-0.3, -0.25) is 10.1 Å². The number of nitrogens with zero attached hydrogens (tertiary/aromatic N) is 5. The van der Waals surface area contributed by atoms with E-state index in [4.69, 9.17) is 10.00 Å². The van der Waals surface area contributed by atoms with E-state index >= 15 is 0 Å². The van der Waals surface area contributed by atoms with E-state index in [2.05, 4.69) is 9.97 Å². The standard InChI is InChI=1S/C9H11N5O3/c1-13(5-3-4-10)8-7(14(15)16)9(17-2)12-6-11-8/h6H,3,5H2,1-2H3. The molecule has 90 valence electrons. The maximum absolute atomic E-state index is 10.9. The normalized spacial score (nSPS) is 9.47. The van der Waals surface area contributed by atoms with Crippen LogP contribution in [0.1, 0.15) is 6.42 Å². The number of hydrogen-bond acceptors (Lipinski definition) is 7. The Morgan fingerprint density at radius 2 is 2.35 bits per heavy atom. The van der Waals surface area contributed by atoms with Crippen LogP contribution >= 0.6 is 0 Å².